The first-order valence-electron chi connectivity index (χ1n) is 7.51. The number of alkyl halides is 2. The number of amides is 1. The SMILES string of the molecule is C[C@H]([NH2+]CC(=O)Nc1ccc2c(c1)OC(F)(F)O2)c1ccccc1. The largest absolute Gasteiger partial charge is 0.586 e. The number of ether oxygens (including phenoxy) is 2. The number of benzene rings is 2. The van der Waals surface area contributed by atoms with Gasteiger partial charge in [0.05, 0.1) is 0 Å². The lowest BCUT2D eigenvalue weighted by molar-refractivity contribution is -0.682. The third kappa shape index (κ3) is 3.80. The van der Waals surface area contributed by atoms with Crippen molar-refractivity contribution in [3.05, 3.63) is 54.1 Å². The summed E-state index contributed by atoms with van der Waals surface area (Å²) in [7, 11) is 0. The van der Waals surface area contributed by atoms with E-state index in [1.807, 2.05) is 42.6 Å². The Balaban J connectivity index is 1.55. The highest BCUT2D eigenvalue weighted by Gasteiger charge is 2.43. The molecule has 1 atom stereocenters. The maximum atomic E-state index is 13.0. The van der Waals surface area contributed by atoms with Crippen molar-refractivity contribution in [1.29, 1.82) is 0 Å². The van der Waals surface area contributed by atoms with Gasteiger partial charge < -0.3 is 20.1 Å². The Morgan fingerprint density at radius 1 is 1.17 bits per heavy atom. The summed E-state index contributed by atoms with van der Waals surface area (Å²) in [5, 5.41) is 4.55. The van der Waals surface area contributed by atoms with Crippen molar-refractivity contribution < 1.29 is 28.4 Å². The van der Waals surface area contributed by atoms with E-state index in [1.165, 1.54) is 18.2 Å². The maximum Gasteiger partial charge on any atom is 0.586 e. The van der Waals surface area contributed by atoms with Crippen LogP contribution in [0, 0.1) is 0 Å². The summed E-state index contributed by atoms with van der Waals surface area (Å²) in [6.07, 6.45) is -3.66. The summed E-state index contributed by atoms with van der Waals surface area (Å²) in [5.74, 6) is -0.384. The molecule has 0 unspecified atom stereocenters. The average Bonchev–Trinajstić information content (AvgIpc) is 2.86. The number of rotatable bonds is 5. The minimum Gasteiger partial charge on any atom is -0.395 e. The van der Waals surface area contributed by atoms with Crippen LogP contribution in [0.25, 0.3) is 0 Å². The first-order valence-corrected chi connectivity index (χ1v) is 7.51. The molecule has 0 spiro atoms. The molecule has 2 aromatic rings. The molecule has 0 fully saturated rings. The summed E-state index contributed by atoms with van der Waals surface area (Å²) in [6.45, 7) is 2.21. The van der Waals surface area contributed by atoms with E-state index in [1.54, 1.807) is 0 Å². The Bertz CT molecular complexity index is 738. The predicted molar refractivity (Wildman–Crippen MR) is 82.9 cm³/mol. The second-order valence-corrected chi connectivity index (χ2v) is 5.52. The second kappa shape index (κ2) is 6.45. The van der Waals surface area contributed by atoms with Gasteiger partial charge in [0.15, 0.2) is 18.0 Å². The molecular formula is C17H17F2N2O3+. The molecule has 1 heterocycles. The van der Waals surface area contributed by atoms with Crippen LogP contribution in [0.2, 0.25) is 0 Å². The Morgan fingerprint density at radius 3 is 2.62 bits per heavy atom. The number of hydrogen-bond donors (Lipinski definition) is 2. The maximum absolute atomic E-state index is 13.0. The third-order valence-corrected chi connectivity index (χ3v) is 3.67. The van der Waals surface area contributed by atoms with Gasteiger partial charge in [-0.1, -0.05) is 30.3 Å². The fourth-order valence-corrected chi connectivity index (χ4v) is 2.42. The molecule has 0 radical (unpaired) electrons. The number of anilines is 1. The quantitative estimate of drug-likeness (QED) is 0.881. The molecule has 24 heavy (non-hydrogen) atoms. The Hall–Kier alpha value is -2.67. The molecule has 0 aromatic heterocycles. The van der Waals surface area contributed by atoms with Crippen molar-refractivity contribution in [1.82, 2.24) is 0 Å². The molecule has 3 N–H and O–H groups in total. The molecule has 0 aliphatic carbocycles. The molecule has 2 aromatic carbocycles. The van der Waals surface area contributed by atoms with E-state index < -0.39 is 6.29 Å². The summed E-state index contributed by atoms with van der Waals surface area (Å²) in [5.41, 5.74) is 1.50. The van der Waals surface area contributed by atoms with Crippen LogP contribution in [0.4, 0.5) is 14.5 Å². The van der Waals surface area contributed by atoms with Crippen LogP contribution in [-0.4, -0.2) is 18.7 Å². The van der Waals surface area contributed by atoms with E-state index in [-0.39, 0.29) is 30.0 Å². The lowest BCUT2D eigenvalue weighted by atomic mass is 10.1. The van der Waals surface area contributed by atoms with Gasteiger partial charge >= 0.3 is 6.29 Å². The normalized spacial score (nSPS) is 15.8. The zero-order chi connectivity index (χ0) is 17.2. The van der Waals surface area contributed by atoms with Gasteiger partial charge in [-0.05, 0) is 19.1 Å². The van der Waals surface area contributed by atoms with Crippen LogP contribution in [0.5, 0.6) is 11.5 Å². The summed E-state index contributed by atoms with van der Waals surface area (Å²) in [6, 6.07) is 14.1. The minimum atomic E-state index is -3.66. The first kappa shape index (κ1) is 16.2. The number of halogens is 2. The zero-order valence-corrected chi connectivity index (χ0v) is 13.0. The van der Waals surface area contributed by atoms with E-state index in [0.717, 1.165) is 5.56 Å². The van der Waals surface area contributed by atoms with E-state index in [4.69, 9.17) is 0 Å². The predicted octanol–water partition coefficient (Wildman–Crippen LogP) is 2.27. The first-order chi connectivity index (χ1) is 11.4. The van der Waals surface area contributed by atoms with Crippen molar-refractivity contribution in [3.8, 4) is 11.5 Å². The van der Waals surface area contributed by atoms with Crippen LogP contribution in [0.15, 0.2) is 48.5 Å². The molecular weight excluding hydrogens is 318 g/mol. The Kier molecular flexibility index (Phi) is 4.35. The number of quaternary nitrogens is 1. The average molecular weight is 335 g/mol. The van der Waals surface area contributed by atoms with Gasteiger partial charge in [-0.2, -0.15) is 0 Å². The lowest BCUT2D eigenvalue weighted by Gasteiger charge is -2.11. The number of carbonyl (C=O) groups is 1. The summed E-state index contributed by atoms with van der Waals surface area (Å²) < 4.78 is 34.6. The van der Waals surface area contributed by atoms with Crippen molar-refractivity contribution in [2.24, 2.45) is 0 Å². The zero-order valence-electron chi connectivity index (χ0n) is 13.0. The standard InChI is InChI=1S/C17H16F2N2O3/c1-11(12-5-3-2-4-6-12)20-10-16(22)21-13-7-8-14-15(9-13)24-17(18,19)23-14/h2-9,11,20H,10H2,1H3,(H,21,22)/p+1/t11-/m0/s1. The van der Waals surface area contributed by atoms with Gasteiger partial charge in [0.1, 0.15) is 6.04 Å². The van der Waals surface area contributed by atoms with E-state index in [2.05, 4.69) is 14.8 Å². The third-order valence-electron chi connectivity index (χ3n) is 3.67. The number of nitrogens with two attached hydrogens (primary N) is 1. The van der Waals surface area contributed by atoms with Crippen LogP contribution in [0.3, 0.4) is 0 Å². The molecule has 3 rings (SSSR count). The van der Waals surface area contributed by atoms with Crippen LogP contribution >= 0.6 is 0 Å². The highest BCUT2D eigenvalue weighted by atomic mass is 19.3. The number of carbonyl (C=O) groups excluding carboxylic acids is 1. The summed E-state index contributed by atoms with van der Waals surface area (Å²) >= 11 is 0. The molecule has 1 aliphatic rings. The highest BCUT2D eigenvalue weighted by molar-refractivity contribution is 5.91. The molecule has 0 bridgehead atoms. The topological polar surface area (TPSA) is 64.2 Å². The lowest BCUT2D eigenvalue weighted by Crippen LogP contribution is -2.86. The molecule has 1 amide bonds. The highest BCUT2D eigenvalue weighted by Crippen LogP contribution is 2.42. The fraction of sp³-hybridized carbons (Fsp3) is 0.235. The van der Waals surface area contributed by atoms with Crippen molar-refractivity contribution in [3.63, 3.8) is 0 Å². The molecule has 7 heteroatoms. The Morgan fingerprint density at radius 2 is 1.88 bits per heavy atom. The second-order valence-electron chi connectivity index (χ2n) is 5.52. The van der Waals surface area contributed by atoms with E-state index in [9.17, 15) is 13.6 Å². The number of nitrogens with one attached hydrogen (secondary N) is 1. The van der Waals surface area contributed by atoms with Crippen LogP contribution < -0.4 is 20.1 Å². The minimum absolute atomic E-state index is 0.0535. The van der Waals surface area contributed by atoms with E-state index in [0.29, 0.717) is 5.69 Å². The van der Waals surface area contributed by atoms with Gasteiger partial charge in [-0.25, -0.2) is 0 Å². The summed E-state index contributed by atoms with van der Waals surface area (Å²) in [4.78, 5) is 12.0. The van der Waals surface area contributed by atoms with Gasteiger partial charge in [0.2, 0.25) is 0 Å². The molecule has 126 valence electrons. The van der Waals surface area contributed by atoms with Gasteiger partial charge in [0.25, 0.3) is 5.91 Å². The monoisotopic (exact) mass is 335 g/mol. The smallest absolute Gasteiger partial charge is 0.395 e. The van der Waals surface area contributed by atoms with Crippen molar-refractivity contribution in [2.45, 2.75) is 19.3 Å². The fourth-order valence-electron chi connectivity index (χ4n) is 2.42. The van der Waals surface area contributed by atoms with Crippen molar-refractivity contribution >= 4 is 11.6 Å². The number of hydrogen-bond acceptors (Lipinski definition) is 3. The Labute approximate surface area is 137 Å². The van der Waals surface area contributed by atoms with E-state index >= 15 is 0 Å². The molecule has 0 saturated carbocycles. The molecule has 0 saturated heterocycles. The van der Waals surface area contributed by atoms with Crippen LogP contribution in [-0.2, 0) is 4.79 Å². The van der Waals surface area contributed by atoms with Gasteiger partial charge in [-0.3, -0.25) is 4.79 Å². The number of fused-ring (bicyclic) bond motifs is 1. The van der Waals surface area contributed by atoms with Gasteiger partial charge in [-0.15, -0.1) is 8.78 Å². The molecule has 5 nitrogen and oxygen atoms in total. The van der Waals surface area contributed by atoms with Gasteiger partial charge in [0, 0.05) is 17.3 Å². The molecule has 1 aliphatic heterocycles. The van der Waals surface area contributed by atoms with Crippen molar-refractivity contribution in [2.75, 3.05) is 11.9 Å². The van der Waals surface area contributed by atoms with Crippen LogP contribution in [0.1, 0.15) is 18.5 Å².